The van der Waals surface area contributed by atoms with Crippen LogP contribution in [0.5, 0.6) is 5.88 Å². The second kappa shape index (κ2) is 8.35. The fourth-order valence-corrected chi connectivity index (χ4v) is 3.83. The Labute approximate surface area is 166 Å². The summed E-state index contributed by atoms with van der Waals surface area (Å²) in [6.07, 6.45) is 2.58. The Morgan fingerprint density at radius 1 is 1.21 bits per heavy atom. The number of carbonyl (C=O) groups is 1. The highest BCUT2D eigenvalue weighted by Gasteiger charge is 2.34. The van der Waals surface area contributed by atoms with Gasteiger partial charge in [0.15, 0.2) is 0 Å². The van der Waals surface area contributed by atoms with Crippen LogP contribution in [0.2, 0.25) is 0 Å². The van der Waals surface area contributed by atoms with Gasteiger partial charge in [-0.15, -0.1) is 5.10 Å². The van der Waals surface area contributed by atoms with Crippen molar-refractivity contribution < 1.29 is 14.6 Å². The number of aromatic nitrogens is 2. The molecule has 2 heterocycles. The molecule has 0 radical (unpaired) electrons. The monoisotopic (exact) mass is 385 g/mol. The number of benzene rings is 1. The SMILES string of the molecule is Cc1cc(C)cc(-c2[nH]nc(OCC(C)(C)C(=O)N3CCCC3)c2CCO)c1. The summed E-state index contributed by atoms with van der Waals surface area (Å²) < 4.78 is 6.00. The van der Waals surface area contributed by atoms with Gasteiger partial charge in [0.2, 0.25) is 11.8 Å². The number of aliphatic hydroxyl groups is 1. The molecule has 0 bridgehead atoms. The molecular weight excluding hydrogens is 354 g/mol. The Bertz CT molecular complexity index is 815. The first-order chi connectivity index (χ1) is 13.3. The summed E-state index contributed by atoms with van der Waals surface area (Å²) in [4.78, 5) is 14.7. The highest BCUT2D eigenvalue weighted by molar-refractivity contribution is 5.82. The minimum atomic E-state index is -0.625. The molecule has 1 saturated heterocycles. The van der Waals surface area contributed by atoms with Gasteiger partial charge in [-0.1, -0.05) is 17.2 Å². The summed E-state index contributed by atoms with van der Waals surface area (Å²) >= 11 is 0. The molecule has 1 aliphatic rings. The van der Waals surface area contributed by atoms with E-state index in [-0.39, 0.29) is 19.1 Å². The van der Waals surface area contributed by atoms with Gasteiger partial charge in [-0.05, 0) is 52.7 Å². The lowest BCUT2D eigenvalue weighted by atomic mass is 9.93. The zero-order chi connectivity index (χ0) is 20.3. The van der Waals surface area contributed by atoms with Crippen LogP contribution < -0.4 is 4.74 Å². The summed E-state index contributed by atoms with van der Waals surface area (Å²) in [6, 6.07) is 6.30. The Morgan fingerprint density at radius 3 is 2.46 bits per heavy atom. The van der Waals surface area contributed by atoms with Crippen molar-refractivity contribution in [2.75, 3.05) is 26.3 Å². The van der Waals surface area contributed by atoms with Crippen molar-refractivity contribution in [2.24, 2.45) is 5.41 Å². The highest BCUT2D eigenvalue weighted by Crippen LogP contribution is 2.31. The van der Waals surface area contributed by atoms with Gasteiger partial charge in [-0.25, -0.2) is 0 Å². The van der Waals surface area contributed by atoms with Gasteiger partial charge < -0.3 is 14.7 Å². The third-order valence-corrected chi connectivity index (χ3v) is 5.24. The predicted octanol–water partition coefficient (Wildman–Crippen LogP) is 3.26. The first-order valence-electron chi connectivity index (χ1n) is 10.0. The first kappa shape index (κ1) is 20.4. The number of ether oxygens (including phenoxy) is 1. The van der Waals surface area contributed by atoms with E-state index >= 15 is 0 Å². The highest BCUT2D eigenvalue weighted by atomic mass is 16.5. The van der Waals surface area contributed by atoms with E-state index < -0.39 is 5.41 Å². The average Bonchev–Trinajstić information content (AvgIpc) is 3.29. The fourth-order valence-electron chi connectivity index (χ4n) is 3.83. The van der Waals surface area contributed by atoms with Gasteiger partial charge in [-0.3, -0.25) is 9.89 Å². The number of carbonyl (C=O) groups excluding carboxylic acids is 1. The Hall–Kier alpha value is -2.34. The number of nitrogens with zero attached hydrogens (tertiary/aromatic N) is 2. The number of amides is 1. The Balaban J connectivity index is 1.80. The molecule has 3 rings (SSSR count). The number of rotatable bonds is 7. The van der Waals surface area contributed by atoms with Gasteiger partial charge in [0.05, 0.1) is 11.1 Å². The molecule has 2 aromatic rings. The second-order valence-electron chi connectivity index (χ2n) is 8.40. The number of likely N-dealkylation sites (tertiary alicyclic amines) is 1. The van der Waals surface area contributed by atoms with Crippen LogP contribution in [-0.4, -0.2) is 52.4 Å². The molecule has 0 atom stereocenters. The maximum Gasteiger partial charge on any atom is 0.236 e. The van der Waals surface area contributed by atoms with Crippen molar-refractivity contribution in [1.29, 1.82) is 0 Å². The standard InChI is InChI=1S/C22H31N3O3/c1-15-11-16(2)13-17(12-15)19-18(7-10-26)20(24-23-19)28-14-22(3,4)21(27)25-8-5-6-9-25/h11-13,26H,5-10,14H2,1-4H3,(H,23,24). The van der Waals surface area contributed by atoms with E-state index in [1.165, 1.54) is 11.1 Å². The normalized spacial score (nSPS) is 14.5. The number of aromatic amines is 1. The molecule has 1 aromatic heterocycles. The van der Waals surface area contributed by atoms with E-state index in [0.717, 1.165) is 42.8 Å². The van der Waals surface area contributed by atoms with Crippen molar-refractivity contribution in [3.05, 3.63) is 34.9 Å². The molecule has 28 heavy (non-hydrogen) atoms. The molecule has 152 valence electrons. The van der Waals surface area contributed by atoms with Crippen LogP contribution in [0, 0.1) is 19.3 Å². The summed E-state index contributed by atoms with van der Waals surface area (Å²) in [6.45, 7) is 9.86. The van der Waals surface area contributed by atoms with E-state index in [9.17, 15) is 9.90 Å². The fraction of sp³-hybridized carbons (Fsp3) is 0.545. The first-order valence-corrected chi connectivity index (χ1v) is 10.0. The zero-order valence-corrected chi connectivity index (χ0v) is 17.3. The smallest absolute Gasteiger partial charge is 0.236 e. The quantitative estimate of drug-likeness (QED) is 0.767. The van der Waals surface area contributed by atoms with Crippen molar-refractivity contribution in [1.82, 2.24) is 15.1 Å². The summed E-state index contributed by atoms with van der Waals surface area (Å²) in [5.41, 5.74) is 4.44. The molecule has 2 N–H and O–H groups in total. The summed E-state index contributed by atoms with van der Waals surface area (Å²) in [5, 5.41) is 17.0. The molecule has 1 aromatic carbocycles. The third-order valence-electron chi connectivity index (χ3n) is 5.24. The van der Waals surface area contributed by atoms with E-state index in [1.807, 2.05) is 18.7 Å². The lowest BCUT2D eigenvalue weighted by Gasteiger charge is -2.28. The van der Waals surface area contributed by atoms with Crippen LogP contribution in [-0.2, 0) is 11.2 Å². The number of hydrogen-bond acceptors (Lipinski definition) is 4. The molecule has 0 unspecified atom stereocenters. The van der Waals surface area contributed by atoms with E-state index in [2.05, 4.69) is 42.2 Å². The number of hydrogen-bond donors (Lipinski definition) is 2. The van der Waals surface area contributed by atoms with Crippen molar-refractivity contribution in [2.45, 2.75) is 47.0 Å². The van der Waals surface area contributed by atoms with Crippen LogP contribution in [0.15, 0.2) is 18.2 Å². The van der Waals surface area contributed by atoms with Gasteiger partial charge in [-0.2, -0.15) is 0 Å². The Kier molecular flexibility index (Phi) is 6.08. The topological polar surface area (TPSA) is 78.5 Å². The maximum atomic E-state index is 12.8. The summed E-state index contributed by atoms with van der Waals surface area (Å²) in [5.74, 6) is 0.587. The molecule has 1 fully saturated rings. The number of H-pyrrole nitrogens is 1. The van der Waals surface area contributed by atoms with Crippen molar-refractivity contribution in [3.63, 3.8) is 0 Å². The number of nitrogens with one attached hydrogen (secondary N) is 1. The summed E-state index contributed by atoms with van der Waals surface area (Å²) in [7, 11) is 0. The predicted molar refractivity (Wildman–Crippen MR) is 109 cm³/mol. The van der Waals surface area contributed by atoms with E-state index in [4.69, 9.17) is 4.74 Å². The largest absolute Gasteiger partial charge is 0.475 e. The van der Waals surface area contributed by atoms with Crippen LogP contribution in [0.4, 0.5) is 0 Å². The molecule has 0 saturated carbocycles. The van der Waals surface area contributed by atoms with Crippen LogP contribution in [0.1, 0.15) is 43.4 Å². The van der Waals surface area contributed by atoms with Gasteiger partial charge >= 0.3 is 0 Å². The van der Waals surface area contributed by atoms with Crippen LogP contribution in [0.3, 0.4) is 0 Å². The van der Waals surface area contributed by atoms with Crippen molar-refractivity contribution in [3.8, 4) is 17.1 Å². The molecular formula is C22H31N3O3. The average molecular weight is 386 g/mol. The number of aliphatic hydroxyl groups excluding tert-OH is 1. The zero-order valence-electron chi connectivity index (χ0n) is 17.3. The van der Waals surface area contributed by atoms with Crippen LogP contribution in [0.25, 0.3) is 11.3 Å². The third kappa shape index (κ3) is 4.38. The minimum Gasteiger partial charge on any atom is -0.475 e. The van der Waals surface area contributed by atoms with Crippen molar-refractivity contribution >= 4 is 5.91 Å². The molecule has 6 heteroatoms. The molecule has 1 aliphatic heterocycles. The van der Waals surface area contributed by atoms with Gasteiger partial charge in [0.25, 0.3) is 0 Å². The van der Waals surface area contributed by atoms with Crippen LogP contribution >= 0.6 is 0 Å². The molecule has 1 amide bonds. The van der Waals surface area contributed by atoms with Gasteiger partial charge in [0, 0.05) is 37.2 Å². The molecule has 6 nitrogen and oxygen atoms in total. The number of aryl methyl sites for hydroxylation is 2. The molecule has 0 aliphatic carbocycles. The van der Waals surface area contributed by atoms with E-state index in [1.54, 1.807) is 0 Å². The lowest BCUT2D eigenvalue weighted by molar-refractivity contribution is -0.140. The second-order valence-corrected chi connectivity index (χ2v) is 8.40. The molecule has 0 spiro atoms. The van der Waals surface area contributed by atoms with Gasteiger partial charge in [0.1, 0.15) is 6.61 Å². The Morgan fingerprint density at radius 2 is 1.86 bits per heavy atom. The minimum absolute atomic E-state index is 0.00376. The lowest BCUT2D eigenvalue weighted by Crippen LogP contribution is -2.42. The maximum absolute atomic E-state index is 12.8. The van der Waals surface area contributed by atoms with E-state index in [0.29, 0.717) is 12.3 Å².